The molecular weight excluding hydrogens is 326 g/mol. The molecule has 0 bridgehead atoms. The van der Waals surface area contributed by atoms with Crippen molar-refractivity contribution in [1.29, 1.82) is 0 Å². The molecule has 6 nitrogen and oxygen atoms in total. The highest BCUT2D eigenvalue weighted by Crippen LogP contribution is 2.21. The monoisotopic (exact) mass is 343 g/mol. The summed E-state index contributed by atoms with van der Waals surface area (Å²) in [5.74, 6) is -0.447. The molecule has 0 aliphatic carbocycles. The van der Waals surface area contributed by atoms with Gasteiger partial charge in [-0.3, -0.25) is 4.79 Å². The van der Waals surface area contributed by atoms with E-state index < -0.39 is 5.76 Å². The van der Waals surface area contributed by atoms with Crippen molar-refractivity contribution < 1.29 is 9.21 Å². The summed E-state index contributed by atoms with van der Waals surface area (Å²) in [4.78, 5) is 24.7. The zero-order valence-corrected chi connectivity index (χ0v) is 14.2. The number of nitrogens with zero attached hydrogens (tertiary/aromatic N) is 2. The standard InChI is InChI=1S/C17H17N3O3S/c1-11-5-6-13(12(2)10-11)18-15(21)7-8-20-17(22)23-16(19-20)14-4-3-9-24-14/h3-6,9-10H,7-8H2,1-2H3,(H,18,21). The van der Waals surface area contributed by atoms with Crippen LogP contribution in [0.5, 0.6) is 0 Å². The molecule has 2 heterocycles. The third-order valence-electron chi connectivity index (χ3n) is 3.54. The molecule has 0 saturated carbocycles. The Hall–Kier alpha value is -2.67. The van der Waals surface area contributed by atoms with Gasteiger partial charge >= 0.3 is 5.76 Å². The summed E-state index contributed by atoms with van der Waals surface area (Å²) in [6, 6.07) is 9.51. The predicted molar refractivity (Wildman–Crippen MR) is 93.2 cm³/mol. The first kappa shape index (κ1) is 16.2. The van der Waals surface area contributed by atoms with Crippen molar-refractivity contribution in [3.63, 3.8) is 0 Å². The van der Waals surface area contributed by atoms with E-state index in [1.807, 2.05) is 49.6 Å². The normalized spacial score (nSPS) is 10.8. The number of carbonyl (C=O) groups is 1. The zero-order valence-electron chi connectivity index (χ0n) is 13.4. The van der Waals surface area contributed by atoms with E-state index in [2.05, 4.69) is 10.4 Å². The Kier molecular flexibility index (Phi) is 4.61. The summed E-state index contributed by atoms with van der Waals surface area (Å²) in [6.45, 7) is 4.11. The second kappa shape index (κ2) is 6.84. The van der Waals surface area contributed by atoms with Gasteiger partial charge < -0.3 is 9.73 Å². The van der Waals surface area contributed by atoms with Crippen molar-refractivity contribution in [3.8, 4) is 10.8 Å². The first-order valence-corrected chi connectivity index (χ1v) is 8.40. The maximum Gasteiger partial charge on any atom is 0.437 e. The van der Waals surface area contributed by atoms with Crippen LogP contribution < -0.4 is 11.1 Å². The lowest BCUT2D eigenvalue weighted by atomic mass is 10.1. The van der Waals surface area contributed by atoms with Crippen LogP contribution >= 0.6 is 11.3 Å². The molecule has 124 valence electrons. The molecule has 7 heteroatoms. The van der Waals surface area contributed by atoms with Crippen molar-refractivity contribution in [1.82, 2.24) is 9.78 Å². The highest BCUT2D eigenvalue weighted by molar-refractivity contribution is 7.13. The van der Waals surface area contributed by atoms with E-state index in [4.69, 9.17) is 4.42 Å². The number of hydrogen-bond donors (Lipinski definition) is 1. The molecule has 0 aliphatic heterocycles. The molecule has 0 spiro atoms. The van der Waals surface area contributed by atoms with Crippen LogP contribution in [0.2, 0.25) is 0 Å². The summed E-state index contributed by atoms with van der Waals surface area (Å²) in [5.41, 5.74) is 2.92. The van der Waals surface area contributed by atoms with Gasteiger partial charge in [-0.2, -0.15) is 4.68 Å². The van der Waals surface area contributed by atoms with Crippen LogP contribution in [-0.4, -0.2) is 15.7 Å². The summed E-state index contributed by atoms with van der Waals surface area (Å²) in [7, 11) is 0. The van der Waals surface area contributed by atoms with Crippen molar-refractivity contribution in [3.05, 3.63) is 57.4 Å². The number of amides is 1. The number of anilines is 1. The van der Waals surface area contributed by atoms with E-state index in [0.717, 1.165) is 21.7 Å². The summed E-state index contributed by atoms with van der Waals surface area (Å²) in [6.07, 6.45) is 0.142. The van der Waals surface area contributed by atoms with Crippen LogP contribution in [0.3, 0.4) is 0 Å². The fourth-order valence-electron chi connectivity index (χ4n) is 2.32. The average Bonchev–Trinajstić information content (AvgIpc) is 3.17. The van der Waals surface area contributed by atoms with Crippen molar-refractivity contribution in [2.75, 3.05) is 5.32 Å². The number of thiophene rings is 1. The van der Waals surface area contributed by atoms with Gasteiger partial charge in [0.15, 0.2) is 0 Å². The highest BCUT2D eigenvalue weighted by atomic mass is 32.1. The van der Waals surface area contributed by atoms with E-state index in [1.165, 1.54) is 16.0 Å². The van der Waals surface area contributed by atoms with Crippen LogP contribution in [0, 0.1) is 13.8 Å². The fourth-order valence-corrected chi connectivity index (χ4v) is 2.97. The van der Waals surface area contributed by atoms with Gasteiger partial charge in [-0.25, -0.2) is 4.79 Å². The third-order valence-corrected chi connectivity index (χ3v) is 4.40. The SMILES string of the molecule is Cc1ccc(NC(=O)CCn2nc(-c3cccs3)oc2=O)c(C)c1. The highest BCUT2D eigenvalue weighted by Gasteiger charge is 2.12. The van der Waals surface area contributed by atoms with E-state index in [-0.39, 0.29) is 24.8 Å². The molecule has 0 unspecified atom stereocenters. The molecule has 0 atom stereocenters. The number of aromatic nitrogens is 2. The number of aryl methyl sites for hydroxylation is 3. The summed E-state index contributed by atoms with van der Waals surface area (Å²) in [5, 5.41) is 8.86. The topological polar surface area (TPSA) is 77.1 Å². The van der Waals surface area contributed by atoms with E-state index in [9.17, 15) is 9.59 Å². The van der Waals surface area contributed by atoms with Crippen LogP contribution in [-0.2, 0) is 11.3 Å². The van der Waals surface area contributed by atoms with Crippen LogP contribution in [0.15, 0.2) is 44.9 Å². The van der Waals surface area contributed by atoms with Crippen molar-refractivity contribution >= 4 is 22.9 Å². The second-order valence-corrected chi connectivity index (χ2v) is 6.44. The molecule has 0 saturated heterocycles. The number of rotatable bonds is 5. The van der Waals surface area contributed by atoms with Gasteiger partial charge in [0.05, 0.1) is 11.4 Å². The first-order chi connectivity index (χ1) is 11.5. The van der Waals surface area contributed by atoms with Crippen molar-refractivity contribution in [2.45, 2.75) is 26.8 Å². The molecule has 1 N–H and O–H groups in total. The minimum Gasteiger partial charge on any atom is -0.387 e. The van der Waals surface area contributed by atoms with Gasteiger partial charge in [0.2, 0.25) is 5.91 Å². The molecule has 2 aromatic heterocycles. The minimum atomic E-state index is -0.558. The zero-order chi connectivity index (χ0) is 17.1. The number of carbonyl (C=O) groups excluding carboxylic acids is 1. The Morgan fingerprint density at radius 2 is 2.17 bits per heavy atom. The Morgan fingerprint density at radius 3 is 2.88 bits per heavy atom. The Labute approximate surface area is 142 Å². The maximum atomic E-state index is 12.1. The van der Waals surface area contributed by atoms with E-state index in [0.29, 0.717) is 0 Å². The van der Waals surface area contributed by atoms with Gasteiger partial charge in [-0.05, 0) is 36.9 Å². The molecule has 1 amide bonds. The molecule has 24 heavy (non-hydrogen) atoms. The lowest BCUT2D eigenvalue weighted by Gasteiger charge is -2.08. The van der Waals surface area contributed by atoms with Gasteiger partial charge in [0.25, 0.3) is 5.89 Å². The predicted octanol–water partition coefficient (Wildman–Crippen LogP) is 3.21. The minimum absolute atomic E-state index is 0.142. The average molecular weight is 343 g/mol. The van der Waals surface area contributed by atoms with Crippen LogP contribution in [0.4, 0.5) is 5.69 Å². The summed E-state index contributed by atoms with van der Waals surface area (Å²) >= 11 is 1.44. The number of nitrogens with one attached hydrogen (secondary N) is 1. The molecule has 3 rings (SSSR count). The second-order valence-electron chi connectivity index (χ2n) is 5.49. The Bertz CT molecular complexity index is 910. The molecule has 0 radical (unpaired) electrons. The largest absolute Gasteiger partial charge is 0.437 e. The molecular formula is C17H17N3O3S. The summed E-state index contributed by atoms with van der Waals surface area (Å²) < 4.78 is 6.29. The molecule has 0 aliphatic rings. The molecule has 0 fully saturated rings. The number of hydrogen-bond acceptors (Lipinski definition) is 5. The Morgan fingerprint density at radius 1 is 1.33 bits per heavy atom. The molecule has 1 aromatic carbocycles. The van der Waals surface area contributed by atoms with Crippen molar-refractivity contribution in [2.24, 2.45) is 0 Å². The first-order valence-electron chi connectivity index (χ1n) is 7.52. The maximum absolute atomic E-state index is 12.1. The lowest BCUT2D eigenvalue weighted by molar-refractivity contribution is -0.116. The third kappa shape index (κ3) is 3.62. The quantitative estimate of drug-likeness (QED) is 0.772. The molecule has 3 aromatic rings. The smallest absolute Gasteiger partial charge is 0.387 e. The van der Waals surface area contributed by atoms with Gasteiger partial charge in [0.1, 0.15) is 0 Å². The fraction of sp³-hybridized carbons (Fsp3) is 0.235. The van der Waals surface area contributed by atoms with Crippen LogP contribution in [0.1, 0.15) is 17.5 Å². The van der Waals surface area contributed by atoms with Gasteiger partial charge in [0, 0.05) is 12.1 Å². The lowest BCUT2D eigenvalue weighted by Crippen LogP contribution is -2.21. The number of benzene rings is 1. The van der Waals surface area contributed by atoms with Gasteiger partial charge in [-0.1, -0.05) is 23.8 Å². The van der Waals surface area contributed by atoms with E-state index in [1.54, 1.807) is 0 Å². The van der Waals surface area contributed by atoms with Crippen LogP contribution in [0.25, 0.3) is 10.8 Å². The van der Waals surface area contributed by atoms with Gasteiger partial charge in [-0.15, -0.1) is 16.4 Å². The van der Waals surface area contributed by atoms with E-state index >= 15 is 0 Å². The Balaban J connectivity index is 1.63.